The number of rotatable bonds is 6. The summed E-state index contributed by atoms with van der Waals surface area (Å²) in [5, 5.41) is 3.55. The molecular weight excluding hydrogens is 262 g/mol. The number of hydrogen-bond acceptors (Lipinski definition) is 3. The zero-order valence-electron chi connectivity index (χ0n) is 13.1. The molecule has 0 aliphatic heterocycles. The van der Waals surface area contributed by atoms with Crippen molar-refractivity contribution in [2.75, 3.05) is 19.5 Å². The highest BCUT2D eigenvalue weighted by atomic mass is 16.5. The minimum Gasteiger partial charge on any atom is -0.497 e. The predicted molar refractivity (Wildman–Crippen MR) is 87.4 cm³/mol. The van der Waals surface area contributed by atoms with Gasteiger partial charge in [0.15, 0.2) is 0 Å². The topological polar surface area (TPSA) is 30.5 Å². The zero-order valence-corrected chi connectivity index (χ0v) is 13.1. The first kappa shape index (κ1) is 15.2. The molecule has 0 aliphatic carbocycles. The van der Waals surface area contributed by atoms with Crippen molar-refractivity contribution in [1.29, 1.82) is 0 Å². The molecule has 0 aliphatic rings. The van der Waals surface area contributed by atoms with Gasteiger partial charge in [0.1, 0.15) is 11.5 Å². The Kier molecular flexibility index (Phi) is 5.09. The molecule has 0 bridgehead atoms. The summed E-state index contributed by atoms with van der Waals surface area (Å²) >= 11 is 0. The van der Waals surface area contributed by atoms with E-state index in [0.29, 0.717) is 0 Å². The third-order valence-corrected chi connectivity index (χ3v) is 3.63. The van der Waals surface area contributed by atoms with Crippen molar-refractivity contribution in [3.8, 4) is 11.5 Å². The number of anilines is 1. The summed E-state index contributed by atoms with van der Waals surface area (Å²) in [7, 11) is 3.33. The van der Waals surface area contributed by atoms with Gasteiger partial charge >= 0.3 is 0 Å². The van der Waals surface area contributed by atoms with Crippen LogP contribution >= 0.6 is 0 Å². The fourth-order valence-electron chi connectivity index (χ4n) is 2.33. The predicted octanol–water partition coefficient (Wildman–Crippen LogP) is 4.58. The Bertz CT molecular complexity index is 578. The summed E-state index contributed by atoms with van der Waals surface area (Å²) in [6, 6.07) is 14.7. The first-order chi connectivity index (χ1) is 10.2. The summed E-state index contributed by atoms with van der Waals surface area (Å²) in [5.41, 5.74) is 3.53. The van der Waals surface area contributed by atoms with E-state index in [2.05, 4.69) is 43.4 Å². The molecule has 2 rings (SSSR count). The molecule has 21 heavy (non-hydrogen) atoms. The van der Waals surface area contributed by atoms with Gasteiger partial charge in [0.2, 0.25) is 0 Å². The van der Waals surface area contributed by atoms with Crippen LogP contribution in [0.3, 0.4) is 0 Å². The van der Waals surface area contributed by atoms with Crippen LogP contribution in [0.15, 0.2) is 42.5 Å². The number of ether oxygens (including phenoxy) is 2. The zero-order chi connectivity index (χ0) is 15.2. The molecule has 1 atom stereocenters. The average Bonchev–Trinajstić information content (AvgIpc) is 2.53. The van der Waals surface area contributed by atoms with Gasteiger partial charge in [-0.3, -0.25) is 0 Å². The Balaban J connectivity index is 2.24. The van der Waals surface area contributed by atoms with Crippen LogP contribution < -0.4 is 14.8 Å². The Hall–Kier alpha value is -2.16. The van der Waals surface area contributed by atoms with Crippen LogP contribution in [0.2, 0.25) is 0 Å². The fraction of sp³-hybridized carbons (Fsp3) is 0.333. The van der Waals surface area contributed by atoms with Crippen LogP contribution in [0.5, 0.6) is 11.5 Å². The first-order valence-electron chi connectivity index (χ1n) is 7.23. The number of hydrogen-bond donors (Lipinski definition) is 1. The van der Waals surface area contributed by atoms with Crippen LogP contribution in [0.25, 0.3) is 0 Å². The van der Waals surface area contributed by atoms with Gasteiger partial charge in [-0.2, -0.15) is 0 Å². The Morgan fingerprint density at radius 2 is 1.71 bits per heavy atom. The average molecular weight is 285 g/mol. The lowest BCUT2D eigenvalue weighted by Gasteiger charge is -2.21. The van der Waals surface area contributed by atoms with Gasteiger partial charge in [-0.25, -0.2) is 0 Å². The second-order valence-corrected chi connectivity index (χ2v) is 5.08. The molecule has 0 aromatic heterocycles. The quantitative estimate of drug-likeness (QED) is 0.843. The molecule has 0 saturated heterocycles. The van der Waals surface area contributed by atoms with Crippen LogP contribution in [0, 0.1) is 6.92 Å². The second-order valence-electron chi connectivity index (χ2n) is 5.08. The second kappa shape index (κ2) is 7.02. The lowest BCUT2D eigenvalue weighted by atomic mass is 10.0. The number of benzene rings is 2. The smallest absolute Gasteiger partial charge is 0.145 e. The van der Waals surface area contributed by atoms with E-state index in [4.69, 9.17) is 9.47 Å². The lowest BCUT2D eigenvalue weighted by Crippen LogP contribution is -2.10. The van der Waals surface area contributed by atoms with Crippen LogP contribution in [-0.2, 0) is 0 Å². The monoisotopic (exact) mass is 285 g/mol. The van der Waals surface area contributed by atoms with Crippen LogP contribution in [0.4, 0.5) is 5.69 Å². The number of aryl methyl sites for hydroxylation is 1. The van der Waals surface area contributed by atoms with E-state index in [-0.39, 0.29) is 6.04 Å². The molecule has 0 spiro atoms. The first-order valence-corrected chi connectivity index (χ1v) is 7.23. The highest BCUT2D eigenvalue weighted by Gasteiger charge is 2.12. The van der Waals surface area contributed by atoms with Crippen molar-refractivity contribution in [3.63, 3.8) is 0 Å². The largest absolute Gasteiger partial charge is 0.497 e. The maximum atomic E-state index is 5.45. The molecule has 1 unspecified atom stereocenters. The van der Waals surface area contributed by atoms with E-state index < -0.39 is 0 Å². The third-order valence-electron chi connectivity index (χ3n) is 3.63. The van der Waals surface area contributed by atoms with Crippen molar-refractivity contribution >= 4 is 5.69 Å². The molecule has 2 aromatic carbocycles. The maximum Gasteiger partial charge on any atom is 0.145 e. The lowest BCUT2D eigenvalue weighted by molar-refractivity contribution is 0.395. The molecule has 0 radical (unpaired) electrons. The Morgan fingerprint density at radius 1 is 1.00 bits per heavy atom. The Morgan fingerprint density at radius 3 is 2.29 bits per heavy atom. The summed E-state index contributed by atoms with van der Waals surface area (Å²) in [5.74, 6) is 1.58. The molecule has 0 fully saturated rings. The van der Waals surface area contributed by atoms with Crippen molar-refractivity contribution in [2.45, 2.75) is 26.3 Å². The highest BCUT2D eigenvalue weighted by Crippen LogP contribution is 2.32. The van der Waals surface area contributed by atoms with E-state index in [1.807, 2.05) is 18.2 Å². The van der Waals surface area contributed by atoms with E-state index in [9.17, 15) is 0 Å². The van der Waals surface area contributed by atoms with Gasteiger partial charge in [-0.05, 0) is 31.0 Å². The van der Waals surface area contributed by atoms with Crippen molar-refractivity contribution in [2.24, 2.45) is 0 Å². The van der Waals surface area contributed by atoms with Gasteiger partial charge in [-0.1, -0.05) is 36.8 Å². The summed E-state index contributed by atoms with van der Waals surface area (Å²) in [6.45, 7) is 4.28. The molecule has 2 aromatic rings. The van der Waals surface area contributed by atoms with Gasteiger partial charge in [0.05, 0.1) is 25.9 Å². The van der Waals surface area contributed by atoms with Gasteiger partial charge in [0, 0.05) is 6.07 Å². The van der Waals surface area contributed by atoms with E-state index in [0.717, 1.165) is 23.6 Å². The normalized spacial score (nSPS) is 11.8. The van der Waals surface area contributed by atoms with Crippen LogP contribution in [0.1, 0.15) is 30.5 Å². The van der Waals surface area contributed by atoms with E-state index in [1.165, 1.54) is 11.1 Å². The van der Waals surface area contributed by atoms with Gasteiger partial charge in [0.25, 0.3) is 0 Å². The molecular formula is C18H23NO2. The Labute approximate surface area is 126 Å². The number of methoxy groups -OCH3 is 2. The van der Waals surface area contributed by atoms with Crippen LogP contribution in [-0.4, -0.2) is 14.2 Å². The summed E-state index contributed by atoms with van der Waals surface area (Å²) < 4.78 is 10.7. The minimum atomic E-state index is 0.257. The molecule has 1 N–H and O–H groups in total. The van der Waals surface area contributed by atoms with Crippen molar-refractivity contribution in [3.05, 3.63) is 53.6 Å². The molecule has 3 nitrogen and oxygen atoms in total. The molecule has 0 heterocycles. The maximum absolute atomic E-state index is 5.45. The van der Waals surface area contributed by atoms with Gasteiger partial charge < -0.3 is 14.8 Å². The summed E-state index contributed by atoms with van der Waals surface area (Å²) in [6.07, 6.45) is 0.998. The molecule has 3 heteroatoms. The standard InChI is InChI=1S/C18H23NO2/c1-5-16(14-8-6-13(2)7-9-14)19-17-11-10-15(20-3)12-18(17)21-4/h6-12,16,19H,5H2,1-4H3. The van der Waals surface area contributed by atoms with Crippen molar-refractivity contribution in [1.82, 2.24) is 0 Å². The number of nitrogens with one attached hydrogen (secondary N) is 1. The molecule has 0 amide bonds. The molecule has 112 valence electrons. The van der Waals surface area contributed by atoms with Crippen molar-refractivity contribution < 1.29 is 9.47 Å². The minimum absolute atomic E-state index is 0.257. The highest BCUT2D eigenvalue weighted by molar-refractivity contribution is 5.60. The summed E-state index contributed by atoms with van der Waals surface area (Å²) in [4.78, 5) is 0. The van der Waals surface area contributed by atoms with E-state index >= 15 is 0 Å². The SMILES string of the molecule is CCC(Nc1ccc(OC)cc1OC)c1ccc(C)cc1. The van der Waals surface area contributed by atoms with Gasteiger partial charge in [-0.15, -0.1) is 0 Å². The fourth-order valence-corrected chi connectivity index (χ4v) is 2.33. The van der Waals surface area contributed by atoms with E-state index in [1.54, 1.807) is 14.2 Å². The third kappa shape index (κ3) is 3.69. The molecule has 0 saturated carbocycles.